The van der Waals surface area contributed by atoms with Crippen LogP contribution in [-0.4, -0.2) is 18.0 Å². The fourth-order valence-corrected chi connectivity index (χ4v) is 2.53. The summed E-state index contributed by atoms with van der Waals surface area (Å²) in [5.74, 6) is -0.163. The van der Waals surface area contributed by atoms with Gasteiger partial charge in [-0.05, 0) is 43.9 Å². The zero-order chi connectivity index (χ0) is 13.7. The zero-order valence-electron chi connectivity index (χ0n) is 10.6. The molecule has 0 radical (unpaired) electrons. The summed E-state index contributed by atoms with van der Waals surface area (Å²) in [7, 11) is 0. The summed E-state index contributed by atoms with van der Waals surface area (Å²) in [6.07, 6.45) is 3.48. The maximum atomic E-state index is 11.9. The van der Waals surface area contributed by atoms with Crippen molar-refractivity contribution < 1.29 is 4.79 Å². The number of amides is 1. The summed E-state index contributed by atoms with van der Waals surface area (Å²) in [4.78, 5) is 11.9. The molecule has 0 unspecified atom stereocenters. The number of hydrogen-bond acceptors (Lipinski definition) is 3. The highest BCUT2D eigenvalue weighted by molar-refractivity contribution is 6.30. The maximum absolute atomic E-state index is 11.9. The second-order valence-corrected chi connectivity index (χ2v) is 5.25. The lowest BCUT2D eigenvalue weighted by atomic mass is 10.00. The third-order valence-corrected chi connectivity index (χ3v) is 3.56. The summed E-state index contributed by atoms with van der Waals surface area (Å²) in [6.45, 7) is 0.143. The summed E-state index contributed by atoms with van der Waals surface area (Å²) in [6, 6.07) is 9.42. The van der Waals surface area contributed by atoms with Gasteiger partial charge in [0.15, 0.2) is 0 Å². The minimum atomic E-state index is -0.660. The average Bonchev–Trinajstić information content (AvgIpc) is 2.86. The van der Waals surface area contributed by atoms with Crippen LogP contribution in [0.1, 0.15) is 25.7 Å². The molecule has 2 rings (SSSR count). The quantitative estimate of drug-likeness (QED) is 0.889. The second-order valence-electron chi connectivity index (χ2n) is 4.81. The van der Waals surface area contributed by atoms with Crippen molar-refractivity contribution in [3.63, 3.8) is 0 Å². The van der Waals surface area contributed by atoms with E-state index in [-0.39, 0.29) is 12.5 Å². The molecule has 1 amide bonds. The van der Waals surface area contributed by atoms with Crippen LogP contribution in [0, 0.1) is 11.3 Å². The third-order valence-electron chi connectivity index (χ3n) is 3.33. The number of hydrogen-bond donors (Lipinski definition) is 2. The minimum Gasteiger partial charge on any atom is -0.376 e. The average molecular weight is 278 g/mol. The summed E-state index contributed by atoms with van der Waals surface area (Å²) < 4.78 is 0. The Labute approximate surface area is 117 Å². The van der Waals surface area contributed by atoms with Crippen molar-refractivity contribution in [1.29, 1.82) is 5.26 Å². The van der Waals surface area contributed by atoms with Crippen LogP contribution in [0.2, 0.25) is 5.02 Å². The second kappa shape index (κ2) is 5.94. The van der Waals surface area contributed by atoms with E-state index in [1.54, 1.807) is 12.1 Å². The standard InChI is InChI=1S/C14H16ClN3O/c15-11-4-3-5-12(8-11)17-9-13(19)18-14(10-16)6-1-2-7-14/h3-5,8,17H,1-2,6-7,9H2,(H,18,19). The predicted octanol–water partition coefficient (Wildman–Crippen LogP) is 2.70. The van der Waals surface area contributed by atoms with Gasteiger partial charge < -0.3 is 10.6 Å². The molecule has 0 spiro atoms. The lowest BCUT2D eigenvalue weighted by molar-refractivity contribution is -0.120. The van der Waals surface area contributed by atoms with Crippen LogP contribution in [0.25, 0.3) is 0 Å². The molecule has 0 saturated heterocycles. The van der Waals surface area contributed by atoms with Crippen molar-refractivity contribution in [3.8, 4) is 6.07 Å². The van der Waals surface area contributed by atoms with E-state index >= 15 is 0 Å². The monoisotopic (exact) mass is 277 g/mol. The highest BCUT2D eigenvalue weighted by atomic mass is 35.5. The lowest BCUT2D eigenvalue weighted by Crippen LogP contribution is -2.47. The topological polar surface area (TPSA) is 64.9 Å². The van der Waals surface area contributed by atoms with Gasteiger partial charge >= 0.3 is 0 Å². The first-order valence-electron chi connectivity index (χ1n) is 6.35. The number of halogens is 1. The molecule has 0 atom stereocenters. The van der Waals surface area contributed by atoms with E-state index in [0.717, 1.165) is 31.4 Å². The van der Waals surface area contributed by atoms with Gasteiger partial charge in [-0.2, -0.15) is 5.26 Å². The molecule has 4 nitrogen and oxygen atoms in total. The molecule has 1 saturated carbocycles. The molecular weight excluding hydrogens is 262 g/mol. The van der Waals surface area contributed by atoms with Crippen molar-refractivity contribution in [2.45, 2.75) is 31.2 Å². The molecule has 0 bridgehead atoms. The number of nitrogens with zero attached hydrogens (tertiary/aromatic N) is 1. The van der Waals surface area contributed by atoms with Gasteiger partial charge in [0.1, 0.15) is 5.54 Å². The van der Waals surface area contributed by atoms with Crippen LogP contribution in [0.15, 0.2) is 24.3 Å². The fourth-order valence-electron chi connectivity index (χ4n) is 2.34. The molecule has 1 aliphatic rings. The van der Waals surface area contributed by atoms with Gasteiger partial charge in [-0.1, -0.05) is 17.7 Å². The molecule has 0 aromatic heterocycles. The molecular formula is C14H16ClN3O. The molecule has 0 aliphatic heterocycles. The van der Waals surface area contributed by atoms with Crippen molar-refractivity contribution >= 4 is 23.2 Å². The molecule has 100 valence electrons. The van der Waals surface area contributed by atoms with E-state index in [1.807, 2.05) is 12.1 Å². The van der Waals surface area contributed by atoms with Crippen molar-refractivity contribution in [2.75, 3.05) is 11.9 Å². The number of nitriles is 1. The number of nitrogens with one attached hydrogen (secondary N) is 2. The number of benzene rings is 1. The Kier molecular flexibility index (Phi) is 4.28. The lowest BCUT2D eigenvalue weighted by Gasteiger charge is -2.22. The van der Waals surface area contributed by atoms with E-state index in [9.17, 15) is 10.1 Å². The highest BCUT2D eigenvalue weighted by Crippen LogP contribution is 2.28. The number of anilines is 1. The van der Waals surface area contributed by atoms with Crippen molar-refractivity contribution in [2.24, 2.45) is 0 Å². The van der Waals surface area contributed by atoms with Crippen LogP contribution in [-0.2, 0) is 4.79 Å². The molecule has 1 aliphatic carbocycles. The summed E-state index contributed by atoms with van der Waals surface area (Å²) in [5, 5.41) is 15.6. The Hall–Kier alpha value is -1.73. The van der Waals surface area contributed by atoms with Gasteiger partial charge in [-0.25, -0.2) is 0 Å². The Morgan fingerprint density at radius 1 is 1.42 bits per heavy atom. The number of carbonyl (C=O) groups is 1. The fraction of sp³-hybridized carbons (Fsp3) is 0.429. The summed E-state index contributed by atoms with van der Waals surface area (Å²) >= 11 is 5.86. The largest absolute Gasteiger partial charge is 0.376 e. The van der Waals surface area contributed by atoms with E-state index in [0.29, 0.717) is 5.02 Å². The normalized spacial score (nSPS) is 16.6. The van der Waals surface area contributed by atoms with Crippen LogP contribution in [0.3, 0.4) is 0 Å². The van der Waals surface area contributed by atoms with Gasteiger partial charge in [0, 0.05) is 10.7 Å². The first-order valence-corrected chi connectivity index (χ1v) is 6.73. The highest BCUT2D eigenvalue weighted by Gasteiger charge is 2.35. The molecule has 5 heteroatoms. The Balaban J connectivity index is 1.87. The van der Waals surface area contributed by atoms with Crippen molar-refractivity contribution in [3.05, 3.63) is 29.3 Å². The minimum absolute atomic E-state index is 0.143. The van der Waals surface area contributed by atoms with Gasteiger partial charge in [-0.15, -0.1) is 0 Å². The Morgan fingerprint density at radius 3 is 2.79 bits per heavy atom. The summed E-state index contributed by atoms with van der Waals surface area (Å²) in [5.41, 5.74) is 0.132. The smallest absolute Gasteiger partial charge is 0.240 e. The van der Waals surface area contributed by atoms with E-state index < -0.39 is 5.54 Å². The number of carbonyl (C=O) groups excluding carboxylic acids is 1. The van der Waals surface area contributed by atoms with E-state index in [2.05, 4.69) is 16.7 Å². The SMILES string of the molecule is N#CC1(NC(=O)CNc2cccc(Cl)c2)CCCC1. The van der Waals surface area contributed by atoms with Crippen LogP contribution >= 0.6 is 11.6 Å². The molecule has 2 N–H and O–H groups in total. The number of rotatable bonds is 4. The zero-order valence-corrected chi connectivity index (χ0v) is 11.3. The first kappa shape index (κ1) is 13.7. The Morgan fingerprint density at radius 2 is 2.16 bits per heavy atom. The van der Waals surface area contributed by atoms with Crippen LogP contribution < -0.4 is 10.6 Å². The Bertz CT molecular complexity index is 504. The molecule has 19 heavy (non-hydrogen) atoms. The van der Waals surface area contributed by atoms with Crippen LogP contribution in [0.4, 0.5) is 5.69 Å². The maximum Gasteiger partial charge on any atom is 0.240 e. The molecule has 0 heterocycles. The van der Waals surface area contributed by atoms with E-state index in [1.165, 1.54) is 0 Å². The molecule has 1 aromatic carbocycles. The predicted molar refractivity (Wildman–Crippen MR) is 74.9 cm³/mol. The third kappa shape index (κ3) is 3.62. The first-order chi connectivity index (χ1) is 9.13. The van der Waals surface area contributed by atoms with Crippen molar-refractivity contribution in [1.82, 2.24) is 5.32 Å². The van der Waals surface area contributed by atoms with E-state index in [4.69, 9.17) is 11.6 Å². The van der Waals surface area contributed by atoms with Gasteiger partial charge in [0.05, 0.1) is 12.6 Å². The van der Waals surface area contributed by atoms with Crippen LogP contribution in [0.5, 0.6) is 0 Å². The molecule has 1 fully saturated rings. The van der Waals surface area contributed by atoms with Gasteiger partial charge in [0.2, 0.25) is 5.91 Å². The molecule has 1 aromatic rings. The van der Waals surface area contributed by atoms with Gasteiger partial charge in [0.25, 0.3) is 0 Å². The van der Waals surface area contributed by atoms with Gasteiger partial charge in [-0.3, -0.25) is 4.79 Å².